The Morgan fingerprint density at radius 1 is 1.03 bits per heavy atom. The first kappa shape index (κ1) is 25.2. The number of hydrogen-bond donors (Lipinski definition) is 1. The molecule has 7 nitrogen and oxygen atoms in total. The highest BCUT2D eigenvalue weighted by Crippen LogP contribution is 2.29. The fraction of sp³-hybridized carbons (Fsp3) is 0.345. The van der Waals surface area contributed by atoms with E-state index < -0.39 is 6.04 Å². The van der Waals surface area contributed by atoms with Crippen molar-refractivity contribution in [2.24, 2.45) is 5.92 Å². The zero-order chi connectivity index (χ0) is 25.5. The van der Waals surface area contributed by atoms with Crippen molar-refractivity contribution in [3.05, 3.63) is 89.2 Å². The normalized spacial score (nSPS) is 14.8. The van der Waals surface area contributed by atoms with Crippen LogP contribution in [0.3, 0.4) is 0 Å². The quantitative estimate of drug-likeness (QED) is 0.487. The number of carbonyl (C=O) groups excluding carboxylic acids is 2. The lowest BCUT2D eigenvalue weighted by molar-refractivity contribution is -0.142. The Labute approximate surface area is 212 Å². The molecule has 188 valence electrons. The highest BCUT2D eigenvalue weighted by Gasteiger charge is 2.34. The summed E-state index contributed by atoms with van der Waals surface area (Å²) in [6, 6.07) is 16.9. The molecule has 1 atom stereocenters. The van der Waals surface area contributed by atoms with Crippen molar-refractivity contribution in [2.75, 3.05) is 7.11 Å². The highest BCUT2D eigenvalue weighted by atomic mass is 16.5. The van der Waals surface area contributed by atoms with Crippen molar-refractivity contribution in [2.45, 2.75) is 52.4 Å². The van der Waals surface area contributed by atoms with Gasteiger partial charge in [-0.3, -0.25) is 14.6 Å². The molecule has 1 unspecified atom stereocenters. The third-order valence-electron chi connectivity index (χ3n) is 6.29. The average molecular weight is 488 g/mol. The van der Waals surface area contributed by atoms with E-state index in [1.165, 1.54) is 0 Å². The molecular weight excluding hydrogens is 454 g/mol. The molecule has 2 heterocycles. The first-order valence-electron chi connectivity index (χ1n) is 12.3. The fourth-order valence-electron chi connectivity index (χ4n) is 4.37. The molecule has 36 heavy (non-hydrogen) atoms. The molecule has 1 aromatic heterocycles. The van der Waals surface area contributed by atoms with Crippen molar-refractivity contribution in [1.29, 1.82) is 0 Å². The minimum atomic E-state index is -0.531. The molecule has 0 saturated carbocycles. The van der Waals surface area contributed by atoms with E-state index in [1.807, 2.05) is 68.4 Å². The van der Waals surface area contributed by atoms with Crippen LogP contribution in [0.2, 0.25) is 0 Å². The molecule has 0 aliphatic carbocycles. The summed E-state index contributed by atoms with van der Waals surface area (Å²) >= 11 is 0. The number of pyridine rings is 1. The molecule has 4 rings (SSSR count). The Morgan fingerprint density at radius 3 is 2.50 bits per heavy atom. The molecule has 2 aromatic carbocycles. The number of hydrogen-bond acceptors (Lipinski definition) is 5. The largest absolute Gasteiger partial charge is 0.493 e. The van der Waals surface area contributed by atoms with Crippen LogP contribution in [0.15, 0.2) is 67.0 Å². The summed E-state index contributed by atoms with van der Waals surface area (Å²) in [5.74, 6) is 1.30. The van der Waals surface area contributed by atoms with Crippen molar-refractivity contribution in [3.8, 4) is 11.5 Å². The molecule has 0 fully saturated rings. The van der Waals surface area contributed by atoms with E-state index in [4.69, 9.17) is 9.47 Å². The van der Waals surface area contributed by atoms with Crippen LogP contribution in [-0.2, 0) is 35.7 Å². The number of ether oxygens (including phenoxy) is 2. The van der Waals surface area contributed by atoms with Gasteiger partial charge >= 0.3 is 0 Å². The zero-order valence-electron chi connectivity index (χ0n) is 21.1. The lowest BCUT2D eigenvalue weighted by atomic mass is 9.92. The molecule has 2 amide bonds. The Hall–Kier alpha value is -3.87. The third-order valence-corrected chi connectivity index (χ3v) is 6.29. The van der Waals surface area contributed by atoms with Gasteiger partial charge in [-0.2, -0.15) is 0 Å². The van der Waals surface area contributed by atoms with Crippen LogP contribution in [0, 0.1) is 5.92 Å². The number of rotatable bonds is 9. The van der Waals surface area contributed by atoms with E-state index in [0.29, 0.717) is 44.0 Å². The Kier molecular flexibility index (Phi) is 8.21. The third kappa shape index (κ3) is 6.22. The van der Waals surface area contributed by atoms with Gasteiger partial charge in [-0.05, 0) is 52.4 Å². The SMILES string of the molecule is COc1cc(CNC(=O)C2Cc3ccccc3CN2C(=O)CC(C)C)ccc1OCc1ccncc1. The van der Waals surface area contributed by atoms with Gasteiger partial charge in [0.25, 0.3) is 0 Å². The van der Waals surface area contributed by atoms with Gasteiger partial charge in [-0.1, -0.05) is 44.2 Å². The average Bonchev–Trinajstić information content (AvgIpc) is 2.90. The number of aromatic nitrogens is 1. The zero-order valence-corrected chi connectivity index (χ0v) is 21.1. The first-order chi connectivity index (χ1) is 17.4. The number of methoxy groups -OCH3 is 1. The molecule has 1 aliphatic rings. The van der Waals surface area contributed by atoms with Gasteiger partial charge in [0.1, 0.15) is 12.6 Å². The van der Waals surface area contributed by atoms with Gasteiger partial charge in [-0.15, -0.1) is 0 Å². The number of nitrogens with one attached hydrogen (secondary N) is 1. The predicted octanol–water partition coefficient (Wildman–Crippen LogP) is 4.29. The van der Waals surface area contributed by atoms with E-state index in [2.05, 4.69) is 10.3 Å². The minimum Gasteiger partial charge on any atom is -0.493 e. The van der Waals surface area contributed by atoms with E-state index in [9.17, 15) is 9.59 Å². The van der Waals surface area contributed by atoms with Crippen LogP contribution in [0.4, 0.5) is 0 Å². The van der Waals surface area contributed by atoms with Crippen LogP contribution in [0.5, 0.6) is 11.5 Å². The fourth-order valence-corrected chi connectivity index (χ4v) is 4.37. The van der Waals surface area contributed by atoms with Crippen molar-refractivity contribution in [3.63, 3.8) is 0 Å². The van der Waals surface area contributed by atoms with E-state index >= 15 is 0 Å². The molecular formula is C29H33N3O4. The Morgan fingerprint density at radius 2 is 1.78 bits per heavy atom. The number of nitrogens with zero attached hydrogens (tertiary/aromatic N) is 2. The van der Waals surface area contributed by atoms with Gasteiger partial charge in [0, 0.05) is 38.3 Å². The van der Waals surface area contributed by atoms with E-state index in [1.54, 1.807) is 24.4 Å². The Balaban J connectivity index is 1.43. The van der Waals surface area contributed by atoms with Crippen LogP contribution in [-0.4, -0.2) is 34.8 Å². The summed E-state index contributed by atoms with van der Waals surface area (Å²) in [5, 5.41) is 3.03. The number of carbonyl (C=O) groups is 2. The molecule has 1 N–H and O–H groups in total. The summed E-state index contributed by atoms with van der Waals surface area (Å²) < 4.78 is 11.4. The number of amides is 2. The van der Waals surface area contributed by atoms with Gasteiger partial charge in [-0.25, -0.2) is 0 Å². The second kappa shape index (κ2) is 11.7. The summed E-state index contributed by atoms with van der Waals surface area (Å²) in [6.07, 6.45) is 4.38. The summed E-state index contributed by atoms with van der Waals surface area (Å²) in [6.45, 7) is 5.21. The lowest BCUT2D eigenvalue weighted by Crippen LogP contribution is -2.52. The van der Waals surface area contributed by atoms with Crippen LogP contribution in [0.25, 0.3) is 0 Å². The molecule has 0 bridgehead atoms. The van der Waals surface area contributed by atoms with Crippen molar-refractivity contribution in [1.82, 2.24) is 15.2 Å². The highest BCUT2D eigenvalue weighted by molar-refractivity contribution is 5.88. The maximum Gasteiger partial charge on any atom is 0.243 e. The number of benzene rings is 2. The summed E-state index contributed by atoms with van der Waals surface area (Å²) in [4.78, 5) is 32.0. The monoisotopic (exact) mass is 487 g/mol. The van der Waals surface area contributed by atoms with Crippen LogP contribution < -0.4 is 14.8 Å². The predicted molar refractivity (Wildman–Crippen MR) is 137 cm³/mol. The van der Waals surface area contributed by atoms with Crippen LogP contribution in [0.1, 0.15) is 42.5 Å². The second-order valence-corrected chi connectivity index (χ2v) is 9.46. The lowest BCUT2D eigenvalue weighted by Gasteiger charge is -2.36. The topological polar surface area (TPSA) is 80.8 Å². The summed E-state index contributed by atoms with van der Waals surface area (Å²) in [5.41, 5.74) is 4.11. The molecule has 0 radical (unpaired) electrons. The first-order valence-corrected chi connectivity index (χ1v) is 12.3. The molecule has 1 aliphatic heterocycles. The number of fused-ring (bicyclic) bond motifs is 1. The molecule has 7 heteroatoms. The van der Waals surface area contributed by atoms with Crippen molar-refractivity contribution < 1.29 is 19.1 Å². The van der Waals surface area contributed by atoms with E-state index in [-0.39, 0.29) is 17.7 Å². The molecule has 0 spiro atoms. The second-order valence-electron chi connectivity index (χ2n) is 9.46. The standard InChI is InChI=1S/C29H33N3O4/c1-20(2)14-28(33)32-18-24-7-5-4-6-23(24)16-25(32)29(34)31-17-22-8-9-26(27(15-22)35-3)36-19-21-10-12-30-13-11-21/h4-13,15,20,25H,14,16-19H2,1-3H3,(H,31,34). The van der Waals surface area contributed by atoms with Gasteiger partial charge in [0.2, 0.25) is 11.8 Å². The van der Waals surface area contributed by atoms with Gasteiger partial charge in [0.05, 0.1) is 7.11 Å². The minimum absolute atomic E-state index is 0.0111. The van der Waals surface area contributed by atoms with Gasteiger partial charge < -0.3 is 19.7 Å². The molecule has 3 aromatic rings. The smallest absolute Gasteiger partial charge is 0.243 e. The molecule has 0 saturated heterocycles. The van der Waals surface area contributed by atoms with Crippen molar-refractivity contribution >= 4 is 11.8 Å². The van der Waals surface area contributed by atoms with Gasteiger partial charge in [0.15, 0.2) is 11.5 Å². The maximum atomic E-state index is 13.3. The summed E-state index contributed by atoms with van der Waals surface area (Å²) in [7, 11) is 1.59. The van der Waals surface area contributed by atoms with Crippen LogP contribution >= 0.6 is 0 Å². The van der Waals surface area contributed by atoms with E-state index in [0.717, 1.165) is 22.3 Å². The Bertz CT molecular complexity index is 1200. The maximum absolute atomic E-state index is 13.3.